The van der Waals surface area contributed by atoms with Gasteiger partial charge in [0.05, 0.1) is 11.0 Å². The number of nitrogens with one attached hydrogen (secondary N) is 1. The monoisotopic (exact) mass is 163 g/mol. The van der Waals surface area contributed by atoms with E-state index in [1.165, 1.54) is 0 Å². The Morgan fingerprint density at radius 1 is 1.09 bits per heavy atom. The quantitative estimate of drug-likeness (QED) is 0.430. The highest BCUT2D eigenvalue weighted by Crippen LogP contribution is 2.13. The molecule has 0 aromatic rings. The molecule has 11 heavy (non-hydrogen) atoms. The molecule has 2 heteroatoms. The van der Waals surface area contributed by atoms with Crippen molar-refractivity contribution < 1.29 is 0 Å². The molecule has 0 aromatic carbocycles. The molecule has 3 aliphatic rings. The topological polar surface area (TPSA) is 12.0 Å². The molecule has 1 nitrogen and oxygen atoms in total. The predicted octanol–water partition coefficient (Wildman–Crippen LogP) is 1.58. The minimum absolute atomic E-state index is 0.309. The Balaban J connectivity index is 2.38. The van der Waals surface area contributed by atoms with E-state index in [2.05, 4.69) is 35.7 Å². The van der Waals surface area contributed by atoms with Gasteiger partial charge < -0.3 is 5.32 Å². The zero-order valence-corrected chi connectivity index (χ0v) is 6.84. The van der Waals surface area contributed by atoms with Crippen molar-refractivity contribution >= 4 is 17.2 Å². The van der Waals surface area contributed by atoms with E-state index in [1.807, 2.05) is 6.08 Å². The molecule has 0 fully saturated rings. The van der Waals surface area contributed by atoms with E-state index >= 15 is 0 Å². The average Bonchev–Trinajstić information content (AvgIpc) is 1.92. The van der Waals surface area contributed by atoms with Crippen LogP contribution in [0.2, 0.25) is 0 Å². The van der Waals surface area contributed by atoms with Gasteiger partial charge >= 0.3 is 0 Å². The molecule has 2 aliphatic heterocycles. The van der Waals surface area contributed by atoms with Crippen LogP contribution in [0.4, 0.5) is 0 Å². The van der Waals surface area contributed by atoms with Crippen molar-refractivity contribution in [3.63, 3.8) is 0 Å². The van der Waals surface area contributed by atoms with Gasteiger partial charge in [-0.05, 0) is 0 Å². The molecule has 0 saturated heterocycles. The van der Waals surface area contributed by atoms with Gasteiger partial charge in [0, 0.05) is 5.92 Å². The number of fused-ring (bicyclic) bond motifs is 2. The lowest BCUT2D eigenvalue weighted by Crippen LogP contribution is -2.38. The molecular weight excluding hydrogens is 154 g/mol. The number of thiocarbonyl (C=S) groups is 1. The van der Waals surface area contributed by atoms with Crippen molar-refractivity contribution in [3.8, 4) is 0 Å². The first kappa shape index (κ1) is 6.80. The van der Waals surface area contributed by atoms with Crippen molar-refractivity contribution in [3.05, 3.63) is 36.5 Å². The average molecular weight is 163 g/mol. The molecule has 1 N–H and O–H groups in total. The number of hydrogen-bond donors (Lipinski definition) is 1. The maximum Gasteiger partial charge on any atom is 0.0868 e. The molecule has 0 unspecified atom stereocenters. The van der Waals surface area contributed by atoms with Crippen molar-refractivity contribution in [1.29, 1.82) is 0 Å². The zero-order valence-electron chi connectivity index (χ0n) is 6.03. The third-order valence-corrected chi connectivity index (χ3v) is 2.28. The Morgan fingerprint density at radius 3 is 2.73 bits per heavy atom. The first-order valence-corrected chi connectivity index (χ1v) is 4.11. The largest absolute Gasteiger partial charge is 0.369 e. The van der Waals surface area contributed by atoms with Crippen LogP contribution in [0.15, 0.2) is 36.5 Å². The summed E-state index contributed by atoms with van der Waals surface area (Å²) in [5, 5.41) is 3.22. The first-order chi connectivity index (χ1) is 5.36. The van der Waals surface area contributed by atoms with Gasteiger partial charge in [0.15, 0.2) is 0 Å². The molecule has 0 radical (unpaired) electrons. The van der Waals surface area contributed by atoms with Crippen LogP contribution in [-0.4, -0.2) is 11.0 Å². The highest BCUT2D eigenvalue weighted by atomic mass is 32.1. The molecule has 2 bridgehead atoms. The van der Waals surface area contributed by atoms with Gasteiger partial charge in [-0.2, -0.15) is 0 Å². The summed E-state index contributed by atoms with van der Waals surface area (Å²) in [4.78, 5) is 0.929. The molecule has 0 aromatic heterocycles. The SMILES string of the molecule is S=C1N[C@@H]2C=CC=C[C@@H]1C=C2. The lowest BCUT2D eigenvalue weighted by atomic mass is 10.00. The van der Waals surface area contributed by atoms with Crippen LogP contribution in [0.25, 0.3) is 0 Å². The normalized spacial score (nSPS) is 33.3. The summed E-state index contributed by atoms with van der Waals surface area (Å²) in [6, 6.07) is 0.309. The van der Waals surface area contributed by atoms with Crippen LogP contribution in [0.5, 0.6) is 0 Å². The van der Waals surface area contributed by atoms with Gasteiger partial charge in [-0.1, -0.05) is 48.7 Å². The van der Waals surface area contributed by atoms with Gasteiger partial charge in [0.1, 0.15) is 0 Å². The van der Waals surface area contributed by atoms with Crippen molar-refractivity contribution in [1.82, 2.24) is 5.32 Å². The van der Waals surface area contributed by atoms with E-state index in [0.717, 1.165) is 4.99 Å². The maximum absolute atomic E-state index is 5.16. The van der Waals surface area contributed by atoms with Crippen molar-refractivity contribution in [2.24, 2.45) is 5.92 Å². The van der Waals surface area contributed by atoms with E-state index < -0.39 is 0 Å². The third kappa shape index (κ3) is 1.26. The molecule has 0 saturated carbocycles. The second kappa shape index (κ2) is 2.62. The van der Waals surface area contributed by atoms with Crippen LogP contribution in [0.3, 0.4) is 0 Å². The lowest BCUT2D eigenvalue weighted by molar-refractivity contribution is 0.817. The lowest BCUT2D eigenvalue weighted by Gasteiger charge is -2.23. The summed E-state index contributed by atoms with van der Waals surface area (Å²) in [6.45, 7) is 0. The van der Waals surface area contributed by atoms with Gasteiger partial charge in [-0.15, -0.1) is 0 Å². The molecule has 0 spiro atoms. The summed E-state index contributed by atoms with van der Waals surface area (Å²) in [7, 11) is 0. The van der Waals surface area contributed by atoms with E-state index in [-0.39, 0.29) is 0 Å². The van der Waals surface area contributed by atoms with Crippen LogP contribution in [-0.2, 0) is 0 Å². The summed E-state index contributed by atoms with van der Waals surface area (Å²) >= 11 is 5.16. The van der Waals surface area contributed by atoms with Crippen molar-refractivity contribution in [2.75, 3.05) is 0 Å². The van der Waals surface area contributed by atoms with Crippen LogP contribution in [0, 0.1) is 5.92 Å². The van der Waals surface area contributed by atoms with Gasteiger partial charge in [0.25, 0.3) is 0 Å². The molecule has 0 amide bonds. The van der Waals surface area contributed by atoms with Crippen LogP contribution >= 0.6 is 12.2 Å². The van der Waals surface area contributed by atoms with Crippen LogP contribution in [0.1, 0.15) is 0 Å². The smallest absolute Gasteiger partial charge is 0.0868 e. The zero-order chi connectivity index (χ0) is 7.68. The van der Waals surface area contributed by atoms with E-state index in [1.54, 1.807) is 0 Å². The highest BCUT2D eigenvalue weighted by molar-refractivity contribution is 7.80. The number of hydrogen-bond acceptors (Lipinski definition) is 1. The Labute approximate surface area is 71.5 Å². The fourth-order valence-corrected chi connectivity index (χ4v) is 1.56. The summed E-state index contributed by atoms with van der Waals surface area (Å²) < 4.78 is 0. The molecule has 3 rings (SSSR count). The minimum Gasteiger partial charge on any atom is -0.369 e. The highest BCUT2D eigenvalue weighted by Gasteiger charge is 2.16. The van der Waals surface area contributed by atoms with Gasteiger partial charge in [-0.25, -0.2) is 0 Å². The van der Waals surface area contributed by atoms with Gasteiger partial charge in [0.2, 0.25) is 0 Å². The van der Waals surface area contributed by atoms with Crippen molar-refractivity contribution in [2.45, 2.75) is 6.04 Å². The summed E-state index contributed by atoms with van der Waals surface area (Å²) in [6.07, 6.45) is 12.6. The van der Waals surface area contributed by atoms with E-state index in [0.29, 0.717) is 12.0 Å². The molecule has 2 atom stereocenters. The number of allylic oxidation sites excluding steroid dienone is 2. The maximum atomic E-state index is 5.16. The van der Waals surface area contributed by atoms with E-state index in [4.69, 9.17) is 12.2 Å². The second-order valence-electron chi connectivity index (χ2n) is 2.71. The fraction of sp³-hybridized carbons (Fsp3) is 0.222. The van der Waals surface area contributed by atoms with E-state index in [9.17, 15) is 0 Å². The molecule has 1 aliphatic carbocycles. The Bertz CT molecular complexity index is 263. The summed E-state index contributed by atoms with van der Waals surface area (Å²) in [5.74, 6) is 0.311. The Hall–Kier alpha value is -0.890. The minimum atomic E-state index is 0.309. The van der Waals surface area contributed by atoms with Gasteiger partial charge in [-0.3, -0.25) is 0 Å². The predicted molar refractivity (Wildman–Crippen MR) is 50.4 cm³/mol. The summed E-state index contributed by atoms with van der Waals surface area (Å²) in [5.41, 5.74) is 0. The third-order valence-electron chi connectivity index (χ3n) is 1.89. The molecular formula is C9H9NS. The Morgan fingerprint density at radius 2 is 1.91 bits per heavy atom. The molecule has 2 heterocycles. The fourth-order valence-electron chi connectivity index (χ4n) is 1.27. The number of rotatable bonds is 0. The standard InChI is InChI=1S/C9H9NS/c11-9-7-3-1-2-4-8(10-9)6-5-7/h1-8H,(H,10,11)/t7-,8-/m1/s1. The first-order valence-electron chi connectivity index (χ1n) is 3.70. The van der Waals surface area contributed by atoms with Crippen LogP contribution < -0.4 is 5.32 Å². The second-order valence-corrected chi connectivity index (χ2v) is 3.15. The Kier molecular flexibility index (Phi) is 1.62. The molecule has 56 valence electrons.